The third kappa shape index (κ3) is 3.38. The van der Waals surface area contributed by atoms with Crippen LogP contribution in [0, 0.1) is 34.6 Å². The third-order valence-corrected chi connectivity index (χ3v) is 5.25. The second kappa shape index (κ2) is 7.12. The highest BCUT2D eigenvalue weighted by Crippen LogP contribution is 2.31. The highest BCUT2D eigenvalue weighted by Gasteiger charge is 2.16. The predicted octanol–water partition coefficient (Wildman–Crippen LogP) is 6.75. The first kappa shape index (κ1) is 18.2. The lowest BCUT2D eigenvalue weighted by atomic mass is 10.0. The summed E-state index contributed by atoms with van der Waals surface area (Å²) >= 11 is 0. The first-order chi connectivity index (χ1) is 13.4. The second-order valence-corrected chi connectivity index (χ2v) is 7.81. The molecule has 0 amide bonds. The van der Waals surface area contributed by atoms with Crippen molar-refractivity contribution in [3.05, 3.63) is 94.5 Å². The van der Waals surface area contributed by atoms with Gasteiger partial charge < -0.3 is 0 Å². The van der Waals surface area contributed by atoms with Gasteiger partial charge in [-0.05, 0) is 51.8 Å². The SMILES string of the molecule is Cc1ccc(-c2cc(-c3ccc(C)cc3)n(-c3c(C)cc(C)cc3C)n2)cc1. The van der Waals surface area contributed by atoms with Crippen molar-refractivity contribution in [1.82, 2.24) is 9.78 Å². The number of hydrogen-bond acceptors (Lipinski definition) is 1. The van der Waals surface area contributed by atoms with Gasteiger partial charge in [-0.15, -0.1) is 0 Å². The number of aryl methyl sites for hydroxylation is 5. The van der Waals surface area contributed by atoms with Crippen molar-refractivity contribution in [2.75, 3.05) is 0 Å². The van der Waals surface area contributed by atoms with Crippen LogP contribution in [0.4, 0.5) is 0 Å². The quantitative estimate of drug-likeness (QED) is 0.392. The van der Waals surface area contributed by atoms with Crippen LogP contribution in [0.25, 0.3) is 28.2 Å². The number of rotatable bonds is 3. The second-order valence-electron chi connectivity index (χ2n) is 7.81. The summed E-state index contributed by atoms with van der Waals surface area (Å²) in [5.74, 6) is 0. The fourth-order valence-electron chi connectivity index (χ4n) is 3.85. The fraction of sp³-hybridized carbons (Fsp3) is 0.192. The van der Waals surface area contributed by atoms with Crippen LogP contribution >= 0.6 is 0 Å². The third-order valence-electron chi connectivity index (χ3n) is 5.25. The smallest absolute Gasteiger partial charge is 0.0934 e. The topological polar surface area (TPSA) is 17.8 Å². The normalized spacial score (nSPS) is 11.0. The molecule has 0 saturated heterocycles. The minimum absolute atomic E-state index is 0.995. The predicted molar refractivity (Wildman–Crippen MR) is 118 cm³/mol. The van der Waals surface area contributed by atoms with Crippen molar-refractivity contribution in [3.8, 4) is 28.2 Å². The van der Waals surface area contributed by atoms with E-state index >= 15 is 0 Å². The van der Waals surface area contributed by atoms with E-state index in [1.54, 1.807) is 0 Å². The highest BCUT2D eigenvalue weighted by atomic mass is 15.3. The molecule has 0 saturated carbocycles. The molecule has 0 aliphatic rings. The average molecular weight is 367 g/mol. The lowest BCUT2D eigenvalue weighted by Crippen LogP contribution is -2.04. The summed E-state index contributed by atoms with van der Waals surface area (Å²) in [5, 5.41) is 5.05. The van der Waals surface area contributed by atoms with Crippen molar-refractivity contribution in [1.29, 1.82) is 0 Å². The molecule has 140 valence electrons. The zero-order valence-corrected chi connectivity index (χ0v) is 17.2. The maximum Gasteiger partial charge on any atom is 0.0934 e. The van der Waals surface area contributed by atoms with Crippen molar-refractivity contribution < 1.29 is 0 Å². The summed E-state index contributed by atoms with van der Waals surface area (Å²) in [5.41, 5.74) is 11.9. The van der Waals surface area contributed by atoms with Gasteiger partial charge in [0.05, 0.1) is 17.1 Å². The molecule has 1 heterocycles. The Morgan fingerprint density at radius 3 is 1.61 bits per heavy atom. The molecule has 0 unspecified atom stereocenters. The number of aromatic nitrogens is 2. The Kier molecular flexibility index (Phi) is 4.64. The van der Waals surface area contributed by atoms with Gasteiger partial charge in [0.2, 0.25) is 0 Å². The molecule has 0 spiro atoms. The molecule has 3 aromatic carbocycles. The van der Waals surface area contributed by atoms with Gasteiger partial charge in [0.15, 0.2) is 0 Å². The van der Waals surface area contributed by atoms with Crippen LogP contribution in [0.1, 0.15) is 27.8 Å². The molecule has 0 aliphatic carbocycles. The van der Waals surface area contributed by atoms with Gasteiger partial charge >= 0.3 is 0 Å². The summed E-state index contributed by atoms with van der Waals surface area (Å²) in [6.45, 7) is 10.7. The van der Waals surface area contributed by atoms with E-state index in [0.717, 1.165) is 17.0 Å². The van der Waals surface area contributed by atoms with E-state index in [0.29, 0.717) is 0 Å². The Bertz CT molecular complexity index is 1110. The summed E-state index contributed by atoms with van der Waals surface area (Å²) in [4.78, 5) is 0. The van der Waals surface area contributed by atoms with Gasteiger partial charge in [-0.1, -0.05) is 77.4 Å². The molecule has 4 rings (SSSR count). The molecule has 2 heteroatoms. The molecule has 0 N–H and O–H groups in total. The van der Waals surface area contributed by atoms with E-state index in [-0.39, 0.29) is 0 Å². The van der Waals surface area contributed by atoms with E-state index in [1.165, 1.54) is 39.1 Å². The van der Waals surface area contributed by atoms with E-state index in [2.05, 4.69) is 106 Å². The van der Waals surface area contributed by atoms with Gasteiger partial charge in [0.1, 0.15) is 0 Å². The van der Waals surface area contributed by atoms with Gasteiger partial charge in [-0.3, -0.25) is 0 Å². The van der Waals surface area contributed by atoms with Crippen LogP contribution in [-0.2, 0) is 0 Å². The maximum atomic E-state index is 5.05. The van der Waals surface area contributed by atoms with Gasteiger partial charge in [-0.25, -0.2) is 4.68 Å². The Morgan fingerprint density at radius 2 is 1.07 bits per heavy atom. The molecule has 4 aromatic rings. The standard InChI is InChI=1S/C26H26N2/c1-17-6-10-22(11-7-17)24-16-25(23-12-8-18(2)9-13-23)28(27-24)26-20(4)14-19(3)15-21(26)5/h6-16H,1-5H3. The van der Waals surface area contributed by atoms with Crippen LogP contribution in [0.2, 0.25) is 0 Å². The van der Waals surface area contributed by atoms with Gasteiger partial charge in [0, 0.05) is 11.1 Å². The summed E-state index contributed by atoms with van der Waals surface area (Å²) in [6.07, 6.45) is 0. The zero-order valence-electron chi connectivity index (χ0n) is 17.2. The molecular weight excluding hydrogens is 340 g/mol. The Balaban J connectivity index is 1.96. The van der Waals surface area contributed by atoms with Gasteiger partial charge in [-0.2, -0.15) is 5.10 Å². The molecule has 0 radical (unpaired) electrons. The van der Waals surface area contributed by atoms with E-state index in [9.17, 15) is 0 Å². The summed E-state index contributed by atoms with van der Waals surface area (Å²) in [6, 6.07) is 23.9. The van der Waals surface area contributed by atoms with Crippen molar-refractivity contribution in [2.45, 2.75) is 34.6 Å². The highest BCUT2D eigenvalue weighted by molar-refractivity contribution is 5.71. The number of nitrogens with zero attached hydrogens (tertiary/aromatic N) is 2. The van der Waals surface area contributed by atoms with Crippen molar-refractivity contribution in [2.24, 2.45) is 0 Å². The number of hydrogen-bond donors (Lipinski definition) is 0. The Morgan fingerprint density at radius 1 is 0.571 bits per heavy atom. The van der Waals surface area contributed by atoms with Crippen molar-refractivity contribution >= 4 is 0 Å². The first-order valence-electron chi connectivity index (χ1n) is 9.75. The molecule has 2 nitrogen and oxygen atoms in total. The number of benzene rings is 3. The average Bonchev–Trinajstić information content (AvgIpc) is 3.07. The zero-order chi connectivity index (χ0) is 19.8. The maximum absolute atomic E-state index is 5.05. The summed E-state index contributed by atoms with van der Waals surface area (Å²) in [7, 11) is 0. The van der Waals surface area contributed by atoms with E-state index in [1.807, 2.05) is 0 Å². The van der Waals surface area contributed by atoms with Gasteiger partial charge in [0.25, 0.3) is 0 Å². The molecular formula is C26H26N2. The Labute approximate surface area is 167 Å². The molecule has 0 aliphatic heterocycles. The largest absolute Gasteiger partial charge is 0.232 e. The molecule has 28 heavy (non-hydrogen) atoms. The first-order valence-corrected chi connectivity index (χ1v) is 9.75. The van der Waals surface area contributed by atoms with E-state index in [4.69, 9.17) is 5.10 Å². The monoisotopic (exact) mass is 366 g/mol. The van der Waals surface area contributed by atoms with Crippen molar-refractivity contribution in [3.63, 3.8) is 0 Å². The lowest BCUT2D eigenvalue weighted by molar-refractivity contribution is 0.874. The molecule has 0 atom stereocenters. The molecule has 1 aromatic heterocycles. The lowest BCUT2D eigenvalue weighted by Gasteiger charge is -2.14. The van der Waals surface area contributed by atoms with Crippen LogP contribution in [0.15, 0.2) is 66.7 Å². The van der Waals surface area contributed by atoms with Crippen LogP contribution in [0.3, 0.4) is 0 Å². The van der Waals surface area contributed by atoms with Crippen LogP contribution in [0.5, 0.6) is 0 Å². The molecule has 0 fully saturated rings. The molecule has 0 bridgehead atoms. The van der Waals surface area contributed by atoms with E-state index < -0.39 is 0 Å². The fourth-order valence-corrected chi connectivity index (χ4v) is 3.85. The Hall–Kier alpha value is -3.13. The summed E-state index contributed by atoms with van der Waals surface area (Å²) < 4.78 is 2.12. The minimum atomic E-state index is 0.995. The van der Waals surface area contributed by atoms with Crippen LogP contribution in [-0.4, -0.2) is 9.78 Å². The minimum Gasteiger partial charge on any atom is -0.232 e. The van der Waals surface area contributed by atoms with Crippen LogP contribution < -0.4 is 0 Å².